The summed E-state index contributed by atoms with van der Waals surface area (Å²) in [5, 5.41) is 2.71. The number of rotatable bonds is 6. The van der Waals surface area contributed by atoms with Gasteiger partial charge in [0, 0.05) is 6.54 Å². The Balaban J connectivity index is 1.86. The molecule has 0 aromatic heterocycles. The average Bonchev–Trinajstić information content (AvgIpc) is 2.54. The van der Waals surface area contributed by atoms with E-state index >= 15 is 0 Å². The van der Waals surface area contributed by atoms with E-state index in [1.54, 1.807) is 36.4 Å². The first kappa shape index (κ1) is 17.8. The highest BCUT2D eigenvalue weighted by Crippen LogP contribution is 2.17. The Bertz CT molecular complexity index is 722. The van der Waals surface area contributed by atoms with Gasteiger partial charge in [-0.25, -0.2) is 13.5 Å². The second kappa shape index (κ2) is 8.35. The number of nitrogens with two attached hydrogens (primary N) is 1. The minimum Gasteiger partial charge on any atom is -0.369 e. The Hall–Kier alpha value is -2.54. The molecule has 0 unspecified atom stereocenters. The van der Waals surface area contributed by atoms with Crippen LogP contribution in [0.2, 0.25) is 0 Å². The third kappa shape index (κ3) is 5.27. The number of carbonyl (C=O) groups is 2. The zero-order chi connectivity index (χ0) is 17.5. The van der Waals surface area contributed by atoms with Crippen LogP contribution in [-0.2, 0) is 17.6 Å². The molecule has 0 bridgehead atoms. The normalized spacial score (nSPS) is 10.2. The Morgan fingerprint density at radius 3 is 2.46 bits per heavy atom. The Morgan fingerprint density at radius 1 is 1.12 bits per heavy atom. The molecule has 0 aliphatic carbocycles. The van der Waals surface area contributed by atoms with Gasteiger partial charge in [-0.05, 0) is 41.8 Å². The number of hydrogen-bond acceptors (Lipinski definition) is 3. The van der Waals surface area contributed by atoms with Crippen molar-refractivity contribution in [2.24, 2.45) is 5.73 Å². The van der Waals surface area contributed by atoms with E-state index in [-0.39, 0.29) is 12.2 Å². The van der Waals surface area contributed by atoms with Gasteiger partial charge in [-0.2, -0.15) is 0 Å². The molecule has 0 aliphatic heterocycles. The maximum atomic E-state index is 13.1. The number of amides is 3. The number of nitrogens with zero attached hydrogens (tertiary/aromatic N) is 1. The Labute approximate surface area is 145 Å². The Morgan fingerprint density at radius 2 is 1.83 bits per heavy atom. The topological polar surface area (TPSA) is 75.4 Å². The van der Waals surface area contributed by atoms with Gasteiger partial charge in [0.1, 0.15) is 5.82 Å². The lowest BCUT2D eigenvalue weighted by Gasteiger charge is -2.17. The number of urea groups is 1. The zero-order valence-corrected chi connectivity index (χ0v) is 13.8. The summed E-state index contributed by atoms with van der Waals surface area (Å²) >= 11 is 4.16. The van der Waals surface area contributed by atoms with E-state index in [0.29, 0.717) is 18.7 Å². The maximum absolute atomic E-state index is 13.1. The van der Waals surface area contributed by atoms with Crippen LogP contribution in [0, 0.1) is 5.82 Å². The van der Waals surface area contributed by atoms with Crippen molar-refractivity contribution in [1.29, 1.82) is 0 Å². The number of anilines is 1. The fraction of sp³-hybridized carbons (Fsp3) is 0.176. The lowest BCUT2D eigenvalue weighted by atomic mass is 10.1. The number of benzene rings is 2. The number of thiol groups is 1. The molecule has 0 aliphatic rings. The highest BCUT2D eigenvalue weighted by Gasteiger charge is 2.11. The number of primary amides is 1. The maximum Gasteiger partial charge on any atom is 0.331 e. The van der Waals surface area contributed by atoms with Crippen molar-refractivity contribution in [2.75, 3.05) is 10.8 Å². The van der Waals surface area contributed by atoms with Crippen molar-refractivity contribution < 1.29 is 14.0 Å². The van der Waals surface area contributed by atoms with Gasteiger partial charge in [0.2, 0.25) is 5.91 Å². The largest absolute Gasteiger partial charge is 0.369 e. The molecule has 3 amide bonds. The van der Waals surface area contributed by atoms with Crippen LogP contribution in [0.4, 0.5) is 14.9 Å². The number of carbonyl (C=O) groups excluding carboxylic acids is 2. The zero-order valence-electron chi connectivity index (χ0n) is 12.9. The van der Waals surface area contributed by atoms with E-state index in [9.17, 15) is 14.0 Å². The van der Waals surface area contributed by atoms with Gasteiger partial charge in [-0.1, -0.05) is 37.1 Å². The van der Waals surface area contributed by atoms with E-state index in [1.165, 1.54) is 16.4 Å². The minimum absolute atomic E-state index is 0.146. The lowest BCUT2D eigenvalue weighted by Crippen LogP contribution is -2.35. The monoisotopic (exact) mass is 347 g/mol. The summed E-state index contributed by atoms with van der Waals surface area (Å²) in [5.74, 6) is -0.716. The van der Waals surface area contributed by atoms with E-state index in [4.69, 9.17) is 5.73 Å². The van der Waals surface area contributed by atoms with E-state index in [2.05, 4.69) is 18.1 Å². The molecule has 0 saturated heterocycles. The van der Waals surface area contributed by atoms with Crippen molar-refractivity contribution in [3.8, 4) is 0 Å². The fourth-order valence-corrected chi connectivity index (χ4v) is 2.36. The van der Waals surface area contributed by atoms with Gasteiger partial charge in [0.25, 0.3) is 0 Å². The van der Waals surface area contributed by atoms with Gasteiger partial charge in [0.15, 0.2) is 0 Å². The van der Waals surface area contributed by atoms with Crippen LogP contribution in [0.1, 0.15) is 11.1 Å². The summed E-state index contributed by atoms with van der Waals surface area (Å²) in [5.41, 5.74) is 7.26. The van der Waals surface area contributed by atoms with E-state index in [1.807, 2.05) is 0 Å². The molecule has 24 heavy (non-hydrogen) atoms. The molecule has 0 heterocycles. The minimum atomic E-state index is -0.416. The SMILES string of the molecule is NC(=O)Cc1ccc(N(S)C(=O)NCCc2cccc(F)c2)cc1. The van der Waals surface area contributed by atoms with E-state index in [0.717, 1.165) is 11.1 Å². The predicted octanol–water partition coefficient (Wildman–Crippen LogP) is 2.46. The summed E-state index contributed by atoms with van der Waals surface area (Å²) in [6, 6.07) is 12.6. The van der Waals surface area contributed by atoms with Crippen molar-refractivity contribution in [2.45, 2.75) is 12.8 Å². The van der Waals surface area contributed by atoms with Crippen LogP contribution in [0.15, 0.2) is 48.5 Å². The third-order valence-corrected chi connectivity index (χ3v) is 3.74. The fourth-order valence-electron chi connectivity index (χ4n) is 2.15. The summed E-state index contributed by atoms with van der Waals surface area (Å²) in [6.45, 7) is 0.360. The van der Waals surface area contributed by atoms with Crippen LogP contribution in [0.5, 0.6) is 0 Å². The third-order valence-electron chi connectivity index (χ3n) is 3.33. The smallest absolute Gasteiger partial charge is 0.331 e. The first-order valence-corrected chi connectivity index (χ1v) is 7.74. The number of hydrogen-bond donors (Lipinski definition) is 3. The lowest BCUT2D eigenvalue weighted by molar-refractivity contribution is -0.117. The molecule has 2 aromatic carbocycles. The number of halogens is 1. The van der Waals surface area contributed by atoms with Crippen molar-refractivity contribution in [3.63, 3.8) is 0 Å². The number of nitrogens with one attached hydrogen (secondary N) is 1. The van der Waals surface area contributed by atoms with Crippen molar-refractivity contribution in [3.05, 3.63) is 65.5 Å². The summed E-state index contributed by atoms with van der Waals surface area (Å²) in [7, 11) is 0. The van der Waals surface area contributed by atoms with Crippen LogP contribution in [0.25, 0.3) is 0 Å². The molecule has 0 radical (unpaired) electrons. The first-order valence-electron chi connectivity index (χ1n) is 7.34. The van der Waals surface area contributed by atoms with Gasteiger partial charge in [-0.3, -0.25) is 4.79 Å². The molecule has 0 atom stereocenters. The molecular formula is C17H18FN3O2S. The molecule has 126 valence electrons. The van der Waals surface area contributed by atoms with E-state index < -0.39 is 11.9 Å². The molecular weight excluding hydrogens is 329 g/mol. The molecule has 3 N–H and O–H groups in total. The van der Waals surface area contributed by atoms with Crippen molar-refractivity contribution >= 4 is 30.4 Å². The second-order valence-electron chi connectivity index (χ2n) is 5.23. The van der Waals surface area contributed by atoms with Crippen LogP contribution >= 0.6 is 12.8 Å². The van der Waals surface area contributed by atoms with Crippen molar-refractivity contribution in [1.82, 2.24) is 5.32 Å². The van der Waals surface area contributed by atoms with Crippen LogP contribution in [0.3, 0.4) is 0 Å². The predicted molar refractivity (Wildman–Crippen MR) is 94.3 cm³/mol. The summed E-state index contributed by atoms with van der Waals surface area (Å²) < 4.78 is 14.2. The van der Waals surface area contributed by atoms with Gasteiger partial charge in [-0.15, -0.1) is 0 Å². The first-order chi connectivity index (χ1) is 11.5. The standard InChI is InChI=1S/C17H18FN3O2S/c18-14-3-1-2-12(10-14)8-9-20-17(23)21(24)15-6-4-13(5-7-15)11-16(19)22/h1-7,10,24H,8-9,11H2,(H2,19,22)(H,20,23). The quantitative estimate of drug-likeness (QED) is 0.702. The molecule has 0 saturated carbocycles. The molecule has 0 spiro atoms. The summed E-state index contributed by atoms with van der Waals surface area (Å²) in [4.78, 5) is 22.9. The van der Waals surface area contributed by atoms with Gasteiger partial charge < -0.3 is 11.1 Å². The van der Waals surface area contributed by atoms with Gasteiger partial charge in [0.05, 0.1) is 12.1 Å². The highest BCUT2D eigenvalue weighted by atomic mass is 32.1. The Kier molecular flexibility index (Phi) is 6.20. The average molecular weight is 347 g/mol. The molecule has 7 heteroatoms. The highest BCUT2D eigenvalue weighted by molar-refractivity contribution is 7.82. The molecule has 2 aromatic rings. The van der Waals surface area contributed by atoms with Crippen LogP contribution in [-0.4, -0.2) is 18.5 Å². The van der Waals surface area contributed by atoms with Gasteiger partial charge >= 0.3 is 6.03 Å². The molecule has 5 nitrogen and oxygen atoms in total. The second-order valence-corrected chi connectivity index (χ2v) is 5.63. The van der Waals surface area contributed by atoms with Crippen LogP contribution < -0.4 is 15.4 Å². The molecule has 0 fully saturated rings. The molecule has 2 rings (SSSR count). The summed E-state index contributed by atoms with van der Waals surface area (Å²) in [6.07, 6.45) is 0.662.